The Hall–Kier alpha value is -1.29. The Labute approximate surface area is 74.4 Å². The van der Waals surface area contributed by atoms with Crippen molar-refractivity contribution in [3.8, 4) is 0 Å². The fourth-order valence-corrected chi connectivity index (χ4v) is 1.72. The number of hydrogen-bond acceptors (Lipinski definition) is 3. The van der Waals surface area contributed by atoms with Gasteiger partial charge in [0.1, 0.15) is 5.82 Å². The van der Waals surface area contributed by atoms with Crippen molar-refractivity contribution in [1.82, 2.24) is 9.78 Å². The molecule has 2 aromatic rings. The molecule has 0 saturated carbocycles. The Bertz CT molecular complexity index is 350. The number of aromatic nitrogens is 2. The highest BCUT2D eigenvalue weighted by atomic mass is 32.1. The van der Waals surface area contributed by atoms with E-state index >= 15 is 0 Å². The van der Waals surface area contributed by atoms with E-state index in [0.29, 0.717) is 5.82 Å². The van der Waals surface area contributed by atoms with Crippen LogP contribution in [0.1, 0.15) is 4.88 Å². The van der Waals surface area contributed by atoms with E-state index in [9.17, 15) is 0 Å². The summed E-state index contributed by atoms with van der Waals surface area (Å²) in [4.78, 5) is 1.29. The van der Waals surface area contributed by atoms with Crippen LogP contribution in [0.3, 0.4) is 0 Å². The third kappa shape index (κ3) is 1.48. The molecule has 12 heavy (non-hydrogen) atoms. The van der Waals surface area contributed by atoms with E-state index in [0.717, 1.165) is 6.54 Å². The van der Waals surface area contributed by atoms with Crippen molar-refractivity contribution in [1.29, 1.82) is 0 Å². The third-order valence-electron chi connectivity index (χ3n) is 1.56. The summed E-state index contributed by atoms with van der Waals surface area (Å²) in [6.45, 7) is 0.814. The highest BCUT2D eigenvalue weighted by Gasteiger charge is 1.96. The molecule has 2 aromatic heterocycles. The molecule has 0 fully saturated rings. The van der Waals surface area contributed by atoms with Gasteiger partial charge in [0.2, 0.25) is 0 Å². The topological polar surface area (TPSA) is 43.8 Å². The van der Waals surface area contributed by atoms with Crippen LogP contribution in [0.15, 0.2) is 29.8 Å². The van der Waals surface area contributed by atoms with E-state index in [1.165, 1.54) is 4.88 Å². The van der Waals surface area contributed by atoms with Crippen molar-refractivity contribution < 1.29 is 0 Å². The zero-order chi connectivity index (χ0) is 8.39. The molecule has 0 bridgehead atoms. The van der Waals surface area contributed by atoms with Crippen LogP contribution in [0.2, 0.25) is 0 Å². The van der Waals surface area contributed by atoms with E-state index in [1.807, 2.05) is 16.9 Å². The summed E-state index contributed by atoms with van der Waals surface area (Å²) in [5.74, 6) is 0.576. The molecule has 3 nitrogen and oxygen atoms in total. The van der Waals surface area contributed by atoms with Crippen molar-refractivity contribution in [3.63, 3.8) is 0 Å². The normalized spacial score (nSPS) is 10.3. The van der Waals surface area contributed by atoms with Crippen molar-refractivity contribution in [2.24, 2.45) is 0 Å². The molecular formula is C8H9N3S. The molecule has 0 radical (unpaired) electrons. The number of anilines is 1. The smallest absolute Gasteiger partial charge is 0.145 e. The summed E-state index contributed by atoms with van der Waals surface area (Å²) >= 11 is 1.73. The van der Waals surface area contributed by atoms with E-state index in [4.69, 9.17) is 5.73 Å². The van der Waals surface area contributed by atoms with Gasteiger partial charge < -0.3 is 5.73 Å². The molecule has 0 aliphatic heterocycles. The summed E-state index contributed by atoms with van der Waals surface area (Å²) < 4.78 is 1.83. The maximum Gasteiger partial charge on any atom is 0.145 e. The van der Waals surface area contributed by atoms with E-state index in [2.05, 4.69) is 16.5 Å². The summed E-state index contributed by atoms with van der Waals surface area (Å²) in [5.41, 5.74) is 5.48. The van der Waals surface area contributed by atoms with E-state index in [-0.39, 0.29) is 0 Å². The van der Waals surface area contributed by atoms with Crippen LogP contribution < -0.4 is 5.73 Å². The monoisotopic (exact) mass is 179 g/mol. The van der Waals surface area contributed by atoms with Gasteiger partial charge in [-0.2, -0.15) is 5.10 Å². The average molecular weight is 179 g/mol. The second kappa shape index (κ2) is 2.98. The lowest BCUT2D eigenvalue weighted by Crippen LogP contribution is -1.99. The fourth-order valence-electron chi connectivity index (χ4n) is 1.03. The van der Waals surface area contributed by atoms with Crippen molar-refractivity contribution >= 4 is 17.2 Å². The SMILES string of the molecule is Nc1ccn(Cc2cccs2)n1. The van der Waals surface area contributed by atoms with Gasteiger partial charge >= 0.3 is 0 Å². The van der Waals surface area contributed by atoms with Gasteiger partial charge in [-0.15, -0.1) is 11.3 Å². The molecule has 0 aliphatic carbocycles. The molecule has 2 heterocycles. The summed E-state index contributed by atoms with van der Waals surface area (Å²) in [5, 5.41) is 6.14. The Kier molecular flexibility index (Phi) is 1.83. The quantitative estimate of drug-likeness (QED) is 0.760. The van der Waals surface area contributed by atoms with Crippen LogP contribution in [-0.4, -0.2) is 9.78 Å². The van der Waals surface area contributed by atoms with Gasteiger partial charge in [0, 0.05) is 11.1 Å². The van der Waals surface area contributed by atoms with Crippen LogP contribution in [0.25, 0.3) is 0 Å². The van der Waals surface area contributed by atoms with Crippen LogP contribution in [0, 0.1) is 0 Å². The van der Waals surface area contributed by atoms with Gasteiger partial charge in [0.05, 0.1) is 6.54 Å². The lowest BCUT2D eigenvalue weighted by molar-refractivity contribution is 0.698. The molecule has 0 aromatic carbocycles. The maximum atomic E-state index is 5.48. The van der Waals surface area contributed by atoms with E-state index < -0.39 is 0 Å². The van der Waals surface area contributed by atoms with Gasteiger partial charge in [0.25, 0.3) is 0 Å². The first-order valence-electron chi connectivity index (χ1n) is 3.66. The van der Waals surface area contributed by atoms with Crippen LogP contribution in [0.5, 0.6) is 0 Å². The Morgan fingerprint density at radius 1 is 1.50 bits per heavy atom. The van der Waals surface area contributed by atoms with Crippen LogP contribution in [-0.2, 0) is 6.54 Å². The minimum absolute atomic E-state index is 0.576. The highest BCUT2D eigenvalue weighted by Crippen LogP contribution is 2.10. The number of nitrogen functional groups attached to an aromatic ring is 1. The lowest BCUT2D eigenvalue weighted by atomic mass is 10.5. The lowest BCUT2D eigenvalue weighted by Gasteiger charge is -1.96. The minimum atomic E-state index is 0.576. The van der Waals surface area contributed by atoms with Gasteiger partial charge in [-0.1, -0.05) is 6.07 Å². The van der Waals surface area contributed by atoms with Gasteiger partial charge in [-0.25, -0.2) is 0 Å². The largest absolute Gasteiger partial charge is 0.382 e. The molecule has 0 spiro atoms. The summed E-state index contributed by atoms with van der Waals surface area (Å²) in [6, 6.07) is 5.92. The van der Waals surface area contributed by atoms with Crippen molar-refractivity contribution in [2.45, 2.75) is 6.54 Å². The molecule has 0 amide bonds. The molecule has 62 valence electrons. The van der Waals surface area contributed by atoms with Crippen LogP contribution in [0.4, 0.5) is 5.82 Å². The zero-order valence-corrected chi connectivity index (χ0v) is 7.29. The minimum Gasteiger partial charge on any atom is -0.382 e. The van der Waals surface area contributed by atoms with Crippen molar-refractivity contribution in [3.05, 3.63) is 34.7 Å². The Morgan fingerprint density at radius 3 is 3.00 bits per heavy atom. The number of hydrogen-bond donors (Lipinski definition) is 1. The Balaban J connectivity index is 2.14. The number of thiophene rings is 1. The number of rotatable bonds is 2. The second-order valence-electron chi connectivity index (χ2n) is 2.52. The highest BCUT2D eigenvalue weighted by molar-refractivity contribution is 7.09. The van der Waals surface area contributed by atoms with Gasteiger partial charge in [-0.05, 0) is 17.5 Å². The fraction of sp³-hybridized carbons (Fsp3) is 0.125. The first-order valence-corrected chi connectivity index (χ1v) is 4.54. The molecule has 2 rings (SSSR count). The maximum absolute atomic E-state index is 5.48. The molecule has 0 unspecified atom stereocenters. The van der Waals surface area contributed by atoms with Gasteiger partial charge in [0.15, 0.2) is 0 Å². The van der Waals surface area contributed by atoms with Gasteiger partial charge in [-0.3, -0.25) is 4.68 Å². The molecule has 0 aliphatic rings. The Morgan fingerprint density at radius 2 is 2.42 bits per heavy atom. The standard InChI is InChI=1S/C8H9N3S/c9-8-3-4-11(10-8)6-7-2-1-5-12-7/h1-5H,6H2,(H2,9,10). The van der Waals surface area contributed by atoms with E-state index in [1.54, 1.807) is 17.4 Å². The predicted octanol–water partition coefficient (Wildman–Crippen LogP) is 1.58. The second-order valence-corrected chi connectivity index (χ2v) is 3.55. The summed E-state index contributed by atoms with van der Waals surface area (Å²) in [6.07, 6.45) is 1.88. The molecule has 0 atom stereocenters. The summed E-state index contributed by atoms with van der Waals surface area (Å²) in [7, 11) is 0. The average Bonchev–Trinajstić information content (AvgIpc) is 2.63. The molecular weight excluding hydrogens is 170 g/mol. The first-order chi connectivity index (χ1) is 5.84. The molecule has 0 saturated heterocycles. The van der Waals surface area contributed by atoms with Crippen molar-refractivity contribution in [2.75, 3.05) is 5.73 Å². The first kappa shape index (κ1) is 7.36. The zero-order valence-electron chi connectivity index (χ0n) is 6.47. The molecule has 2 N–H and O–H groups in total. The van der Waals surface area contributed by atoms with Crippen LogP contribution >= 0.6 is 11.3 Å². The predicted molar refractivity (Wildman–Crippen MR) is 50.1 cm³/mol. The number of nitrogens with two attached hydrogens (primary N) is 1. The third-order valence-corrected chi connectivity index (χ3v) is 2.42. The number of nitrogens with zero attached hydrogens (tertiary/aromatic N) is 2. The molecule has 4 heteroatoms.